The van der Waals surface area contributed by atoms with Gasteiger partial charge in [-0.3, -0.25) is 9.59 Å². The van der Waals surface area contributed by atoms with Gasteiger partial charge in [0.1, 0.15) is 0 Å². The Morgan fingerprint density at radius 3 is 2.70 bits per heavy atom. The number of methoxy groups -OCH3 is 1. The fraction of sp³-hybridized carbons (Fsp3) is 0.647. The van der Waals surface area contributed by atoms with Crippen LogP contribution in [0.1, 0.15) is 33.8 Å². The highest BCUT2D eigenvalue weighted by atomic mass is 32.1. The summed E-state index contributed by atoms with van der Waals surface area (Å²) in [7, 11) is 1.66. The lowest BCUT2D eigenvalue weighted by Gasteiger charge is -2.38. The molecule has 6 heteroatoms. The molecule has 1 aromatic rings. The number of ether oxygens (including phenoxy) is 1. The molecule has 0 unspecified atom stereocenters. The van der Waals surface area contributed by atoms with Gasteiger partial charge in [0.15, 0.2) is 0 Å². The third-order valence-electron chi connectivity index (χ3n) is 5.03. The first-order valence-electron chi connectivity index (χ1n) is 8.15. The molecule has 1 spiro atoms. The van der Waals surface area contributed by atoms with Crippen molar-refractivity contribution < 1.29 is 14.3 Å². The van der Waals surface area contributed by atoms with Gasteiger partial charge in [-0.1, -0.05) is 0 Å². The smallest absolute Gasteiger partial charge is 0.263 e. The Morgan fingerprint density at radius 2 is 2.09 bits per heavy atom. The third kappa shape index (κ3) is 3.43. The van der Waals surface area contributed by atoms with Crippen molar-refractivity contribution in [2.45, 2.75) is 26.2 Å². The van der Waals surface area contributed by atoms with Gasteiger partial charge in [-0.05, 0) is 31.9 Å². The fourth-order valence-electron chi connectivity index (χ4n) is 3.61. The Kier molecular flexibility index (Phi) is 4.73. The summed E-state index contributed by atoms with van der Waals surface area (Å²) in [6, 6.07) is 3.91. The fourth-order valence-corrected chi connectivity index (χ4v) is 4.45. The van der Waals surface area contributed by atoms with E-state index in [1.165, 1.54) is 0 Å². The van der Waals surface area contributed by atoms with E-state index < -0.39 is 0 Å². The maximum atomic E-state index is 12.5. The quantitative estimate of drug-likeness (QED) is 0.847. The average molecular weight is 336 g/mol. The van der Waals surface area contributed by atoms with Crippen LogP contribution in [0.2, 0.25) is 0 Å². The van der Waals surface area contributed by atoms with Gasteiger partial charge in [0.2, 0.25) is 5.91 Å². The number of hydrogen-bond donors (Lipinski definition) is 0. The number of rotatable bonds is 4. The van der Waals surface area contributed by atoms with E-state index in [9.17, 15) is 9.59 Å². The Morgan fingerprint density at radius 1 is 1.35 bits per heavy atom. The van der Waals surface area contributed by atoms with Crippen molar-refractivity contribution in [1.29, 1.82) is 0 Å². The molecule has 2 fully saturated rings. The highest BCUT2D eigenvalue weighted by Gasteiger charge is 2.45. The molecule has 3 heterocycles. The summed E-state index contributed by atoms with van der Waals surface area (Å²) in [4.78, 5) is 30.6. The molecule has 0 aliphatic carbocycles. The highest BCUT2D eigenvalue weighted by molar-refractivity contribution is 7.13. The number of nitrogens with zero attached hydrogens (tertiary/aromatic N) is 2. The van der Waals surface area contributed by atoms with Crippen molar-refractivity contribution in [3.8, 4) is 0 Å². The van der Waals surface area contributed by atoms with Crippen molar-refractivity contribution in [2.24, 2.45) is 5.41 Å². The van der Waals surface area contributed by atoms with E-state index in [1.54, 1.807) is 18.4 Å². The zero-order chi connectivity index (χ0) is 16.4. The monoisotopic (exact) mass is 336 g/mol. The van der Waals surface area contributed by atoms with Crippen LogP contribution in [0.25, 0.3) is 0 Å². The second kappa shape index (κ2) is 6.61. The first-order valence-corrected chi connectivity index (χ1v) is 8.97. The van der Waals surface area contributed by atoms with Crippen LogP contribution in [-0.4, -0.2) is 61.5 Å². The average Bonchev–Trinajstić information content (AvgIpc) is 3.09. The van der Waals surface area contributed by atoms with Crippen LogP contribution in [0.5, 0.6) is 0 Å². The van der Waals surface area contributed by atoms with Crippen molar-refractivity contribution in [3.63, 3.8) is 0 Å². The van der Waals surface area contributed by atoms with E-state index in [0.29, 0.717) is 19.6 Å². The molecule has 5 nitrogen and oxygen atoms in total. The Balaban J connectivity index is 1.58. The van der Waals surface area contributed by atoms with Gasteiger partial charge in [-0.15, -0.1) is 11.3 Å². The van der Waals surface area contributed by atoms with Gasteiger partial charge in [0.05, 0.1) is 11.5 Å². The molecule has 0 radical (unpaired) electrons. The van der Waals surface area contributed by atoms with E-state index in [4.69, 9.17) is 4.74 Å². The topological polar surface area (TPSA) is 49.9 Å². The second-order valence-electron chi connectivity index (χ2n) is 6.69. The van der Waals surface area contributed by atoms with E-state index >= 15 is 0 Å². The van der Waals surface area contributed by atoms with Gasteiger partial charge in [-0.2, -0.15) is 0 Å². The largest absolute Gasteiger partial charge is 0.383 e. The molecule has 23 heavy (non-hydrogen) atoms. The lowest BCUT2D eigenvalue weighted by Crippen LogP contribution is -2.44. The number of carbonyl (C=O) groups excluding carboxylic acids is 2. The number of carbonyl (C=O) groups is 2. The molecule has 0 atom stereocenters. The Hall–Kier alpha value is -1.40. The van der Waals surface area contributed by atoms with E-state index in [2.05, 4.69) is 0 Å². The predicted octanol–water partition coefficient (Wildman–Crippen LogP) is 2.16. The normalized spacial score (nSPS) is 20.5. The standard InChI is InChI=1S/C17H24N2O3S/c1-13-3-4-14(23-13)16(21)18-7-5-17(6-8-18)11-15(20)19(12-17)9-10-22-2/h3-4H,5-12H2,1-2H3. The maximum absolute atomic E-state index is 12.5. The molecule has 2 amide bonds. The number of amides is 2. The Bertz CT molecular complexity index is 590. The van der Waals surface area contributed by atoms with Crippen LogP contribution in [0, 0.1) is 12.3 Å². The molecule has 126 valence electrons. The number of aryl methyl sites for hydroxylation is 1. The number of piperidine rings is 1. The summed E-state index contributed by atoms with van der Waals surface area (Å²) in [5.74, 6) is 0.370. The lowest BCUT2D eigenvalue weighted by atomic mass is 9.77. The van der Waals surface area contributed by atoms with Gasteiger partial charge < -0.3 is 14.5 Å². The van der Waals surface area contributed by atoms with Gasteiger partial charge in [0.25, 0.3) is 5.91 Å². The minimum absolute atomic E-state index is 0.0625. The molecular weight excluding hydrogens is 312 g/mol. The van der Waals surface area contributed by atoms with Crippen LogP contribution in [0.3, 0.4) is 0 Å². The first kappa shape index (κ1) is 16.5. The van der Waals surface area contributed by atoms with E-state index in [-0.39, 0.29) is 17.2 Å². The number of hydrogen-bond acceptors (Lipinski definition) is 4. The van der Waals surface area contributed by atoms with Crippen LogP contribution in [0.15, 0.2) is 12.1 Å². The summed E-state index contributed by atoms with van der Waals surface area (Å²) in [6.45, 7) is 5.60. The molecule has 2 aliphatic rings. The highest BCUT2D eigenvalue weighted by Crippen LogP contribution is 2.41. The third-order valence-corrected chi connectivity index (χ3v) is 6.02. The Labute approximate surface area is 141 Å². The molecular formula is C17H24N2O3S. The summed E-state index contributed by atoms with van der Waals surface area (Å²) in [5, 5.41) is 0. The minimum Gasteiger partial charge on any atom is -0.383 e. The summed E-state index contributed by atoms with van der Waals surface area (Å²) in [5.41, 5.74) is 0.0625. The SMILES string of the molecule is COCCN1CC2(CCN(C(=O)c3ccc(C)s3)CC2)CC1=O. The number of thiophene rings is 1. The molecule has 0 aromatic carbocycles. The summed E-state index contributed by atoms with van der Waals surface area (Å²) in [6.07, 6.45) is 2.45. The summed E-state index contributed by atoms with van der Waals surface area (Å²) >= 11 is 1.56. The van der Waals surface area contributed by atoms with Gasteiger partial charge in [-0.25, -0.2) is 0 Å². The second-order valence-corrected chi connectivity index (χ2v) is 7.98. The van der Waals surface area contributed by atoms with Crippen LogP contribution < -0.4 is 0 Å². The molecule has 3 rings (SSSR count). The van der Waals surface area contributed by atoms with Crippen molar-refractivity contribution in [2.75, 3.05) is 39.9 Å². The van der Waals surface area contributed by atoms with Crippen molar-refractivity contribution in [3.05, 3.63) is 21.9 Å². The molecule has 0 bridgehead atoms. The first-order chi connectivity index (χ1) is 11.0. The van der Waals surface area contributed by atoms with Crippen LogP contribution in [-0.2, 0) is 9.53 Å². The number of likely N-dealkylation sites (tertiary alicyclic amines) is 2. The van der Waals surface area contributed by atoms with Crippen molar-refractivity contribution >= 4 is 23.2 Å². The lowest BCUT2D eigenvalue weighted by molar-refractivity contribution is -0.128. The summed E-state index contributed by atoms with van der Waals surface area (Å²) < 4.78 is 5.08. The molecule has 2 aliphatic heterocycles. The van der Waals surface area contributed by atoms with Crippen LogP contribution >= 0.6 is 11.3 Å². The predicted molar refractivity (Wildman–Crippen MR) is 89.7 cm³/mol. The van der Waals surface area contributed by atoms with Crippen molar-refractivity contribution in [1.82, 2.24) is 9.80 Å². The zero-order valence-corrected chi connectivity index (χ0v) is 14.7. The minimum atomic E-state index is 0.0625. The van der Waals surface area contributed by atoms with E-state index in [1.807, 2.05) is 28.9 Å². The molecule has 0 N–H and O–H groups in total. The molecule has 1 aromatic heterocycles. The van der Waals surface area contributed by atoms with Gasteiger partial charge >= 0.3 is 0 Å². The van der Waals surface area contributed by atoms with Gasteiger partial charge in [0, 0.05) is 50.0 Å². The zero-order valence-electron chi connectivity index (χ0n) is 13.8. The van der Waals surface area contributed by atoms with E-state index in [0.717, 1.165) is 42.2 Å². The van der Waals surface area contributed by atoms with Crippen LogP contribution in [0.4, 0.5) is 0 Å². The molecule has 2 saturated heterocycles. The maximum Gasteiger partial charge on any atom is 0.263 e. The molecule has 0 saturated carbocycles.